The SMILES string of the molecule is CC(C)(C)c1ccc([C@H]2CC(=O)C3=C(C2)Nc2ccccc2N(C(=O)CCC(=O)O)[C@@H]3c2cccnc2)cc1. The molecule has 1 aromatic heterocycles. The van der Waals surface area contributed by atoms with Crippen molar-refractivity contribution in [3.8, 4) is 0 Å². The average Bonchev–Trinajstić information content (AvgIpc) is 3.06. The third-order valence-corrected chi connectivity index (χ3v) is 7.56. The molecule has 0 unspecified atom stereocenters. The molecule has 0 spiro atoms. The molecule has 1 amide bonds. The fraction of sp³-hybridized carbons (Fsp3) is 0.312. The molecular formula is C32H33N3O4. The van der Waals surface area contributed by atoms with Gasteiger partial charge in [-0.3, -0.25) is 24.3 Å². The summed E-state index contributed by atoms with van der Waals surface area (Å²) in [7, 11) is 0. The normalized spacial score (nSPS) is 19.1. The maximum atomic E-state index is 14.0. The maximum absolute atomic E-state index is 14.0. The van der Waals surface area contributed by atoms with Crippen LogP contribution in [0.25, 0.3) is 0 Å². The van der Waals surface area contributed by atoms with Gasteiger partial charge >= 0.3 is 5.97 Å². The van der Waals surface area contributed by atoms with E-state index in [1.807, 2.05) is 30.3 Å². The highest BCUT2D eigenvalue weighted by Crippen LogP contribution is 2.47. The summed E-state index contributed by atoms with van der Waals surface area (Å²) in [6.45, 7) is 6.54. The summed E-state index contributed by atoms with van der Waals surface area (Å²) in [6, 6.07) is 18.9. The first-order valence-electron chi connectivity index (χ1n) is 13.3. The monoisotopic (exact) mass is 523 g/mol. The summed E-state index contributed by atoms with van der Waals surface area (Å²) >= 11 is 0. The lowest BCUT2D eigenvalue weighted by Gasteiger charge is -2.35. The molecule has 2 heterocycles. The number of carboxylic acids is 1. The summed E-state index contributed by atoms with van der Waals surface area (Å²) in [5, 5.41) is 12.8. The van der Waals surface area contributed by atoms with E-state index in [-0.39, 0.29) is 35.9 Å². The van der Waals surface area contributed by atoms with E-state index in [1.165, 1.54) is 5.56 Å². The Labute approximate surface area is 228 Å². The molecule has 1 aliphatic heterocycles. The fourth-order valence-corrected chi connectivity index (χ4v) is 5.54. The highest BCUT2D eigenvalue weighted by molar-refractivity contribution is 6.06. The van der Waals surface area contributed by atoms with Gasteiger partial charge in [0.1, 0.15) is 0 Å². The number of amides is 1. The predicted molar refractivity (Wildman–Crippen MR) is 151 cm³/mol. The molecule has 2 aliphatic rings. The molecule has 0 saturated heterocycles. The van der Waals surface area contributed by atoms with Crippen molar-refractivity contribution in [3.05, 3.63) is 101 Å². The second-order valence-corrected chi connectivity index (χ2v) is 11.3. The van der Waals surface area contributed by atoms with Gasteiger partial charge in [0.2, 0.25) is 5.91 Å². The lowest BCUT2D eigenvalue weighted by atomic mass is 9.77. The number of hydrogen-bond acceptors (Lipinski definition) is 5. The third-order valence-electron chi connectivity index (χ3n) is 7.56. The average molecular weight is 524 g/mol. The number of nitrogens with zero attached hydrogens (tertiary/aromatic N) is 2. The van der Waals surface area contributed by atoms with Crippen LogP contribution in [0.2, 0.25) is 0 Å². The number of Topliss-reactive ketones (excluding diaryl/α,β-unsaturated/α-hetero) is 1. The van der Waals surface area contributed by atoms with Crippen molar-refractivity contribution >= 4 is 29.0 Å². The Bertz CT molecular complexity index is 1440. The number of anilines is 2. The second-order valence-electron chi connectivity index (χ2n) is 11.3. The Morgan fingerprint density at radius 3 is 2.38 bits per heavy atom. The molecule has 200 valence electrons. The van der Waals surface area contributed by atoms with Gasteiger partial charge in [0.05, 0.1) is 23.8 Å². The minimum absolute atomic E-state index is 0.00580. The predicted octanol–water partition coefficient (Wildman–Crippen LogP) is 6.14. The van der Waals surface area contributed by atoms with Crippen molar-refractivity contribution in [1.82, 2.24) is 4.98 Å². The third kappa shape index (κ3) is 5.35. The first-order chi connectivity index (χ1) is 18.6. The van der Waals surface area contributed by atoms with Crippen molar-refractivity contribution in [1.29, 1.82) is 0 Å². The molecule has 2 atom stereocenters. The Morgan fingerprint density at radius 2 is 1.72 bits per heavy atom. The Kier molecular flexibility index (Phi) is 7.08. The minimum Gasteiger partial charge on any atom is -0.481 e. The Balaban J connectivity index is 1.62. The molecule has 7 nitrogen and oxygen atoms in total. The van der Waals surface area contributed by atoms with E-state index in [0.29, 0.717) is 35.4 Å². The van der Waals surface area contributed by atoms with E-state index < -0.39 is 12.0 Å². The van der Waals surface area contributed by atoms with Crippen LogP contribution in [0, 0.1) is 0 Å². The fourth-order valence-electron chi connectivity index (χ4n) is 5.54. The Hall–Kier alpha value is -4.26. The number of pyridine rings is 1. The van der Waals surface area contributed by atoms with Crippen molar-refractivity contribution in [2.75, 3.05) is 10.2 Å². The van der Waals surface area contributed by atoms with Gasteiger partial charge in [-0.05, 0) is 52.6 Å². The van der Waals surface area contributed by atoms with Gasteiger partial charge in [-0.1, -0.05) is 63.2 Å². The maximum Gasteiger partial charge on any atom is 0.303 e. The van der Waals surface area contributed by atoms with Gasteiger partial charge in [0.15, 0.2) is 5.78 Å². The number of carbonyl (C=O) groups excluding carboxylic acids is 2. The quantitative estimate of drug-likeness (QED) is 0.416. The van der Waals surface area contributed by atoms with Crippen LogP contribution in [0.1, 0.15) is 75.1 Å². The number of carboxylic acid groups (broad SMARTS) is 1. The van der Waals surface area contributed by atoms with Crippen LogP contribution in [-0.4, -0.2) is 27.8 Å². The van der Waals surface area contributed by atoms with Crippen molar-refractivity contribution in [3.63, 3.8) is 0 Å². The zero-order chi connectivity index (χ0) is 27.7. The van der Waals surface area contributed by atoms with Crippen LogP contribution in [0.3, 0.4) is 0 Å². The van der Waals surface area contributed by atoms with Crippen LogP contribution in [-0.2, 0) is 19.8 Å². The molecule has 0 bridgehead atoms. The van der Waals surface area contributed by atoms with Crippen molar-refractivity contribution < 1.29 is 19.5 Å². The number of aromatic nitrogens is 1. The summed E-state index contributed by atoms with van der Waals surface area (Å²) < 4.78 is 0. The number of ketones is 1. The molecule has 0 fully saturated rings. The molecule has 0 radical (unpaired) electrons. The number of allylic oxidation sites excluding steroid dienone is 1. The lowest BCUT2D eigenvalue weighted by Crippen LogP contribution is -2.38. The number of fused-ring (bicyclic) bond motifs is 1. The van der Waals surface area contributed by atoms with E-state index >= 15 is 0 Å². The van der Waals surface area contributed by atoms with Gasteiger partial charge in [-0.2, -0.15) is 0 Å². The molecule has 3 aromatic rings. The van der Waals surface area contributed by atoms with Gasteiger partial charge in [0.25, 0.3) is 0 Å². The highest BCUT2D eigenvalue weighted by atomic mass is 16.4. The molecule has 1 aliphatic carbocycles. The summed E-state index contributed by atoms with van der Waals surface area (Å²) in [5.41, 5.74) is 5.71. The van der Waals surface area contributed by atoms with E-state index in [4.69, 9.17) is 0 Å². The zero-order valence-electron chi connectivity index (χ0n) is 22.5. The molecule has 7 heteroatoms. The molecule has 2 N–H and O–H groups in total. The molecule has 0 saturated carbocycles. The zero-order valence-corrected chi connectivity index (χ0v) is 22.5. The number of aliphatic carboxylic acids is 1. The second kappa shape index (κ2) is 10.5. The number of rotatable bonds is 5. The largest absolute Gasteiger partial charge is 0.481 e. The summed E-state index contributed by atoms with van der Waals surface area (Å²) in [5.74, 6) is -1.45. The number of nitrogens with one attached hydrogen (secondary N) is 1. The Morgan fingerprint density at radius 1 is 0.974 bits per heavy atom. The van der Waals surface area contributed by atoms with Crippen molar-refractivity contribution in [2.45, 2.75) is 63.8 Å². The van der Waals surface area contributed by atoms with Crippen LogP contribution >= 0.6 is 0 Å². The summed E-state index contributed by atoms with van der Waals surface area (Å²) in [4.78, 5) is 44.9. The van der Waals surface area contributed by atoms with Gasteiger partial charge in [0, 0.05) is 36.5 Å². The number of para-hydroxylation sites is 2. The summed E-state index contributed by atoms with van der Waals surface area (Å²) in [6.07, 6.45) is 3.78. The van der Waals surface area contributed by atoms with Gasteiger partial charge in [-0.25, -0.2) is 0 Å². The van der Waals surface area contributed by atoms with Crippen LogP contribution < -0.4 is 10.2 Å². The first kappa shape index (κ1) is 26.4. The molecule has 39 heavy (non-hydrogen) atoms. The first-order valence-corrected chi connectivity index (χ1v) is 13.3. The van der Waals surface area contributed by atoms with Crippen LogP contribution in [0.4, 0.5) is 11.4 Å². The van der Waals surface area contributed by atoms with E-state index in [1.54, 1.807) is 23.4 Å². The highest BCUT2D eigenvalue weighted by Gasteiger charge is 2.41. The molecular weight excluding hydrogens is 490 g/mol. The van der Waals surface area contributed by atoms with Crippen molar-refractivity contribution in [2.24, 2.45) is 0 Å². The lowest BCUT2D eigenvalue weighted by molar-refractivity contribution is -0.138. The van der Waals surface area contributed by atoms with Crippen LogP contribution in [0.15, 0.2) is 84.3 Å². The minimum atomic E-state index is -1.04. The van der Waals surface area contributed by atoms with E-state index in [9.17, 15) is 19.5 Å². The number of hydrogen-bond donors (Lipinski definition) is 2. The van der Waals surface area contributed by atoms with Gasteiger partial charge in [-0.15, -0.1) is 0 Å². The smallest absolute Gasteiger partial charge is 0.303 e. The standard InChI is InChI=1S/C32H33N3O4/c1-32(2,3)23-12-10-20(11-13-23)22-17-25-30(27(36)18-22)31(21-7-6-16-33-19-21)35(28(37)14-15-29(38)39)26-9-5-4-8-24(26)34-25/h4-13,16,19,22,31,34H,14-15,17-18H2,1-3H3,(H,38,39)/t22-,31-/m1/s1. The molecule has 2 aromatic carbocycles. The number of benzene rings is 2. The van der Waals surface area contributed by atoms with E-state index in [0.717, 1.165) is 11.3 Å². The number of carbonyl (C=O) groups is 3. The van der Waals surface area contributed by atoms with Gasteiger partial charge < -0.3 is 10.4 Å². The van der Waals surface area contributed by atoms with E-state index in [2.05, 4.69) is 55.3 Å². The van der Waals surface area contributed by atoms with Crippen LogP contribution in [0.5, 0.6) is 0 Å². The topological polar surface area (TPSA) is 99.6 Å². The molecule has 5 rings (SSSR count).